The largest absolute Gasteiger partial charge is 0.496 e. The van der Waals surface area contributed by atoms with Crippen LogP contribution in [-0.4, -0.2) is 32.0 Å². The van der Waals surface area contributed by atoms with E-state index in [1.165, 1.54) is 0 Å². The molecule has 2 rings (SSSR count). The van der Waals surface area contributed by atoms with Crippen LogP contribution < -0.4 is 10.5 Å². The molecule has 0 bridgehead atoms. The molecule has 1 amide bonds. The Labute approximate surface area is 101 Å². The smallest absolute Gasteiger partial charge is 0.246 e. The molecule has 4 nitrogen and oxygen atoms in total. The number of rotatable bonds is 2. The standard InChI is InChI=1S/C13H18N2O2/c1-15(2)12(16)13(14)8-7-9-10(13)5-4-6-11(9)17-3/h4-6H,7-8,14H2,1-3H3. The fourth-order valence-electron chi connectivity index (χ4n) is 2.51. The number of amides is 1. The van der Waals surface area contributed by atoms with Crippen molar-refractivity contribution in [1.82, 2.24) is 4.90 Å². The summed E-state index contributed by atoms with van der Waals surface area (Å²) in [4.78, 5) is 13.7. The van der Waals surface area contributed by atoms with Gasteiger partial charge >= 0.3 is 0 Å². The van der Waals surface area contributed by atoms with E-state index in [-0.39, 0.29) is 5.91 Å². The summed E-state index contributed by atoms with van der Waals surface area (Å²) >= 11 is 0. The minimum absolute atomic E-state index is 0.0514. The molecule has 0 aliphatic heterocycles. The lowest BCUT2D eigenvalue weighted by atomic mass is 9.91. The Hall–Kier alpha value is -1.55. The summed E-state index contributed by atoms with van der Waals surface area (Å²) in [5, 5.41) is 0. The first-order chi connectivity index (χ1) is 8.00. The topological polar surface area (TPSA) is 55.6 Å². The fraction of sp³-hybridized carbons (Fsp3) is 0.462. The third-order valence-electron chi connectivity index (χ3n) is 3.39. The average molecular weight is 234 g/mol. The molecule has 17 heavy (non-hydrogen) atoms. The van der Waals surface area contributed by atoms with Crippen LogP contribution in [0.1, 0.15) is 17.5 Å². The van der Waals surface area contributed by atoms with Crippen molar-refractivity contribution < 1.29 is 9.53 Å². The molecule has 0 aromatic heterocycles. The van der Waals surface area contributed by atoms with Crippen LogP contribution in [0.25, 0.3) is 0 Å². The van der Waals surface area contributed by atoms with Crippen molar-refractivity contribution in [2.24, 2.45) is 5.73 Å². The normalized spacial score (nSPS) is 22.1. The Kier molecular flexibility index (Phi) is 2.83. The van der Waals surface area contributed by atoms with Gasteiger partial charge in [0.25, 0.3) is 0 Å². The summed E-state index contributed by atoms with van der Waals surface area (Å²) in [6.07, 6.45) is 1.43. The van der Waals surface area contributed by atoms with Gasteiger partial charge in [0.15, 0.2) is 0 Å². The number of nitrogens with two attached hydrogens (primary N) is 1. The van der Waals surface area contributed by atoms with Gasteiger partial charge in [0.2, 0.25) is 5.91 Å². The molecule has 2 N–H and O–H groups in total. The van der Waals surface area contributed by atoms with E-state index >= 15 is 0 Å². The van der Waals surface area contributed by atoms with Crippen molar-refractivity contribution in [2.75, 3.05) is 21.2 Å². The van der Waals surface area contributed by atoms with E-state index < -0.39 is 5.54 Å². The number of likely N-dealkylation sites (N-methyl/N-ethyl adjacent to an activating group) is 1. The quantitative estimate of drug-likeness (QED) is 0.826. The lowest BCUT2D eigenvalue weighted by Gasteiger charge is -2.27. The maximum Gasteiger partial charge on any atom is 0.246 e. The average Bonchev–Trinajstić information content (AvgIpc) is 2.67. The van der Waals surface area contributed by atoms with Gasteiger partial charge < -0.3 is 15.4 Å². The van der Waals surface area contributed by atoms with Crippen LogP contribution in [0, 0.1) is 0 Å². The van der Waals surface area contributed by atoms with Crippen LogP contribution >= 0.6 is 0 Å². The van der Waals surface area contributed by atoms with E-state index in [1.807, 2.05) is 18.2 Å². The number of hydrogen-bond acceptors (Lipinski definition) is 3. The minimum Gasteiger partial charge on any atom is -0.496 e. The molecule has 1 aliphatic rings. The molecule has 1 aromatic rings. The summed E-state index contributed by atoms with van der Waals surface area (Å²) in [5.74, 6) is 0.769. The number of hydrogen-bond donors (Lipinski definition) is 1. The number of ether oxygens (including phenoxy) is 1. The van der Waals surface area contributed by atoms with E-state index in [2.05, 4.69) is 0 Å². The Balaban J connectivity index is 2.50. The second kappa shape index (κ2) is 4.04. The molecule has 1 aliphatic carbocycles. The number of carbonyl (C=O) groups is 1. The van der Waals surface area contributed by atoms with E-state index in [0.717, 1.165) is 23.3 Å². The van der Waals surface area contributed by atoms with Crippen LogP contribution in [-0.2, 0) is 16.8 Å². The summed E-state index contributed by atoms with van der Waals surface area (Å²) in [5.41, 5.74) is 7.36. The molecule has 0 saturated carbocycles. The van der Waals surface area contributed by atoms with Gasteiger partial charge in [0.1, 0.15) is 11.3 Å². The van der Waals surface area contributed by atoms with Gasteiger partial charge in [-0.05, 0) is 30.0 Å². The zero-order valence-electron chi connectivity index (χ0n) is 10.5. The van der Waals surface area contributed by atoms with Crippen LogP contribution in [0.2, 0.25) is 0 Å². The zero-order valence-corrected chi connectivity index (χ0v) is 10.5. The number of benzene rings is 1. The number of nitrogens with zero attached hydrogens (tertiary/aromatic N) is 1. The fourth-order valence-corrected chi connectivity index (χ4v) is 2.51. The van der Waals surface area contributed by atoms with Crippen LogP contribution in [0.5, 0.6) is 5.75 Å². The Morgan fingerprint density at radius 1 is 1.47 bits per heavy atom. The van der Waals surface area contributed by atoms with Crippen LogP contribution in [0.15, 0.2) is 18.2 Å². The summed E-state index contributed by atoms with van der Waals surface area (Å²) in [6.45, 7) is 0. The van der Waals surface area contributed by atoms with Gasteiger partial charge in [-0.1, -0.05) is 12.1 Å². The monoisotopic (exact) mass is 234 g/mol. The molecule has 0 radical (unpaired) electrons. The Morgan fingerprint density at radius 3 is 2.76 bits per heavy atom. The van der Waals surface area contributed by atoms with Crippen LogP contribution in [0.4, 0.5) is 0 Å². The highest BCUT2D eigenvalue weighted by atomic mass is 16.5. The molecular formula is C13H18N2O2. The van der Waals surface area contributed by atoms with Crippen molar-refractivity contribution in [3.63, 3.8) is 0 Å². The van der Waals surface area contributed by atoms with Crippen molar-refractivity contribution >= 4 is 5.91 Å². The number of fused-ring (bicyclic) bond motifs is 1. The second-order valence-corrected chi connectivity index (χ2v) is 4.66. The first kappa shape index (κ1) is 11.9. The van der Waals surface area contributed by atoms with E-state index in [0.29, 0.717) is 6.42 Å². The van der Waals surface area contributed by atoms with Crippen molar-refractivity contribution in [1.29, 1.82) is 0 Å². The molecule has 4 heteroatoms. The highest BCUT2D eigenvalue weighted by molar-refractivity contribution is 5.88. The van der Waals surface area contributed by atoms with Gasteiger partial charge in [-0.3, -0.25) is 4.79 Å². The van der Waals surface area contributed by atoms with Gasteiger partial charge in [-0.15, -0.1) is 0 Å². The molecule has 1 unspecified atom stereocenters. The van der Waals surface area contributed by atoms with Gasteiger partial charge in [0, 0.05) is 14.1 Å². The molecule has 0 heterocycles. The first-order valence-corrected chi connectivity index (χ1v) is 5.67. The number of carbonyl (C=O) groups excluding carboxylic acids is 1. The van der Waals surface area contributed by atoms with Gasteiger partial charge in [0.05, 0.1) is 7.11 Å². The SMILES string of the molecule is COc1cccc2c1CCC2(N)C(=O)N(C)C. The van der Waals surface area contributed by atoms with Crippen LogP contribution in [0.3, 0.4) is 0 Å². The van der Waals surface area contributed by atoms with E-state index in [4.69, 9.17) is 10.5 Å². The molecule has 0 spiro atoms. The summed E-state index contributed by atoms with van der Waals surface area (Å²) < 4.78 is 5.31. The minimum atomic E-state index is -0.895. The highest BCUT2D eigenvalue weighted by Gasteiger charge is 2.43. The molecular weight excluding hydrogens is 216 g/mol. The lowest BCUT2D eigenvalue weighted by molar-refractivity contribution is -0.134. The predicted molar refractivity (Wildman–Crippen MR) is 65.9 cm³/mol. The summed E-state index contributed by atoms with van der Waals surface area (Å²) in [7, 11) is 5.10. The molecule has 1 atom stereocenters. The van der Waals surface area contributed by atoms with Crippen molar-refractivity contribution in [3.05, 3.63) is 29.3 Å². The molecule has 0 saturated heterocycles. The summed E-state index contributed by atoms with van der Waals surface area (Å²) in [6, 6.07) is 5.71. The van der Waals surface area contributed by atoms with E-state index in [1.54, 1.807) is 26.1 Å². The predicted octanol–water partition coefficient (Wildman–Crippen LogP) is 0.884. The molecule has 1 aromatic carbocycles. The maximum absolute atomic E-state index is 12.2. The third-order valence-corrected chi connectivity index (χ3v) is 3.39. The Bertz CT molecular complexity index is 457. The first-order valence-electron chi connectivity index (χ1n) is 5.67. The van der Waals surface area contributed by atoms with Crippen molar-refractivity contribution in [2.45, 2.75) is 18.4 Å². The van der Waals surface area contributed by atoms with Crippen molar-refractivity contribution in [3.8, 4) is 5.75 Å². The Morgan fingerprint density at radius 2 is 2.18 bits per heavy atom. The van der Waals surface area contributed by atoms with Gasteiger partial charge in [-0.2, -0.15) is 0 Å². The zero-order chi connectivity index (χ0) is 12.6. The number of methoxy groups -OCH3 is 1. The third kappa shape index (κ3) is 1.69. The lowest BCUT2D eigenvalue weighted by Crippen LogP contribution is -2.49. The second-order valence-electron chi connectivity index (χ2n) is 4.66. The molecule has 92 valence electrons. The highest BCUT2D eigenvalue weighted by Crippen LogP contribution is 2.40. The van der Waals surface area contributed by atoms with Gasteiger partial charge in [-0.25, -0.2) is 0 Å². The molecule has 0 fully saturated rings. The van der Waals surface area contributed by atoms with E-state index in [9.17, 15) is 4.79 Å². The maximum atomic E-state index is 12.2.